The van der Waals surface area contributed by atoms with Crippen LogP contribution in [0.2, 0.25) is 0 Å². The lowest BCUT2D eigenvalue weighted by Gasteiger charge is -2.11. The van der Waals surface area contributed by atoms with E-state index in [1.807, 2.05) is 0 Å². The molecule has 4 nitrogen and oxygen atoms in total. The van der Waals surface area contributed by atoms with Crippen molar-refractivity contribution in [3.63, 3.8) is 0 Å². The molecular weight excluding hydrogens is 659 g/mol. The molecule has 4 heterocycles. The average molecular weight is 690 g/mol. The van der Waals surface area contributed by atoms with Crippen LogP contribution >= 0.6 is 0 Å². The predicted molar refractivity (Wildman–Crippen MR) is 225 cm³/mol. The minimum absolute atomic E-state index is 0.863. The molecule has 12 aromatic rings. The van der Waals surface area contributed by atoms with E-state index >= 15 is 0 Å². The summed E-state index contributed by atoms with van der Waals surface area (Å²) in [5, 5.41) is 8.41. The fourth-order valence-corrected chi connectivity index (χ4v) is 8.98. The van der Waals surface area contributed by atoms with Crippen LogP contribution in [0.4, 0.5) is 0 Å². The van der Waals surface area contributed by atoms with Crippen LogP contribution in [-0.2, 0) is 0 Å². The van der Waals surface area contributed by atoms with Gasteiger partial charge < -0.3 is 13.6 Å². The Balaban J connectivity index is 1.13. The van der Waals surface area contributed by atoms with E-state index in [9.17, 15) is 0 Å². The second-order valence-corrected chi connectivity index (χ2v) is 14.1. The Kier molecular flexibility index (Phi) is 6.02. The molecule has 0 aliphatic heterocycles. The summed E-state index contributed by atoms with van der Waals surface area (Å²) in [4.78, 5) is 0. The first-order valence-electron chi connectivity index (χ1n) is 18.4. The van der Waals surface area contributed by atoms with Crippen LogP contribution in [0.3, 0.4) is 0 Å². The summed E-state index contributed by atoms with van der Waals surface area (Å²) >= 11 is 0. The van der Waals surface area contributed by atoms with Crippen LogP contribution in [0, 0.1) is 0 Å². The Morgan fingerprint density at radius 1 is 0.315 bits per heavy atom. The highest BCUT2D eigenvalue weighted by Crippen LogP contribution is 2.44. The lowest BCUT2D eigenvalue weighted by molar-refractivity contribution is 0.645. The van der Waals surface area contributed by atoms with Gasteiger partial charge in [-0.2, -0.15) is 0 Å². The maximum atomic E-state index is 6.78. The maximum Gasteiger partial charge on any atom is 0.213 e. The van der Waals surface area contributed by atoms with E-state index in [2.05, 4.69) is 202 Å². The van der Waals surface area contributed by atoms with Gasteiger partial charge in [0.1, 0.15) is 5.58 Å². The number of fused-ring (bicyclic) bond motifs is 11. The van der Waals surface area contributed by atoms with Crippen molar-refractivity contribution in [3.8, 4) is 28.2 Å². The Morgan fingerprint density at radius 2 is 0.833 bits per heavy atom. The molecule has 0 aliphatic rings. The van der Waals surface area contributed by atoms with Gasteiger partial charge >= 0.3 is 0 Å². The zero-order chi connectivity index (χ0) is 35.3. The molecule has 0 amide bonds. The molecule has 4 heteroatoms. The predicted octanol–water partition coefficient (Wildman–Crippen LogP) is 13.4. The van der Waals surface area contributed by atoms with E-state index in [-0.39, 0.29) is 0 Å². The van der Waals surface area contributed by atoms with E-state index in [0.717, 1.165) is 61.3 Å². The van der Waals surface area contributed by atoms with Gasteiger partial charge in [0, 0.05) is 49.4 Å². The highest BCUT2D eigenvalue weighted by Gasteiger charge is 2.23. The lowest BCUT2D eigenvalue weighted by Crippen LogP contribution is -1.96. The molecule has 0 N–H and O–H groups in total. The third-order valence-electron chi connectivity index (χ3n) is 11.2. The fourth-order valence-electron chi connectivity index (χ4n) is 8.98. The molecule has 0 spiro atoms. The molecule has 0 saturated carbocycles. The highest BCUT2D eigenvalue weighted by molar-refractivity contribution is 6.24. The topological polar surface area (TPSA) is 27.9 Å². The van der Waals surface area contributed by atoms with Crippen LogP contribution < -0.4 is 0 Å². The number of furan rings is 1. The van der Waals surface area contributed by atoms with Crippen molar-refractivity contribution in [2.75, 3.05) is 0 Å². The van der Waals surface area contributed by atoms with Crippen molar-refractivity contribution >= 4 is 76.6 Å². The van der Waals surface area contributed by atoms with Crippen molar-refractivity contribution in [1.29, 1.82) is 0 Å². The standard InChI is InChI=1S/C50H31N3O/c1-3-14-33(15-4-1)51-45-30-32(36-21-13-25-47-48(36)49-41-20-9-12-24-44(41)53(50(49)54-47)34-16-5-2-6-17-34)26-28-39(45)40-29-27-35(31-46(40)51)52-42-22-10-7-18-37(42)38-19-8-11-23-43(38)52/h1-31H. The molecule has 0 atom stereocenters. The zero-order valence-electron chi connectivity index (χ0n) is 29.1. The molecular formula is C50H31N3O. The number of hydrogen-bond donors (Lipinski definition) is 0. The van der Waals surface area contributed by atoms with Crippen molar-refractivity contribution in [1.82, 2.24) is 13.7 Å². The van der Waals surface area contributed by atoms with Gasteiger partial charge in [0.05, 0.1) is 33.0 Å². The molecule has 0 unspecified atom stereocenters. The third-order valence-corrected chi connectivity index (χ3v) is 11.2. The summed E-state index contributed by atoms with van der Waals surface area (Å²) in [6.45, 7) is 0. The molecule has 4 aromatic heterocycles. The molecule has 8 aromatic carbocycles. The molecule has 252 valence electrons. The van der Waals surface area contributed by atoms with Crippen LogP contribution in [0.25, 0.3) is 105 Å². The van der Waals surface area contributed by atoms with Crippen molar-refractivity contribution in [3.05, 3.63) is 188 Å². The van der Waals surface area contributed by atoms with Crippen LogP contribution in [0.1, 0.15) is 0 Å². The van der Waals surface area contributed by atoms with Crippen LogP contribution in [-0.4, -0.2) is 13.7 Å². The molecule has 12 rings (SSSR count). The van der Waals surface area contributed by atoms with E-state index in [1.165, 1.54) is 43.5 Å². The van der Waals surface area contributed by atoms with Gasteiger partial charge in [0.15, 0.2) is 0 Å². The van der Waals surface area contributed by atoms with Gasteiger partial charge in [0.2, 0.25) is 5.71 Å². The molecule has 0 aliphatic carbocycles. The number of aromatic nitrogens is 3. The Hall–Kier alpha value is -7.30. The summed E-state index contributed by atoms with van der Waals surface area (Å²) in [6.07, 6.45) is 0. The smallest absolute Gasteiger partial charge is 0.213 e. The maximum absolute atomic E-state index is 6.78. The summed E-state index contributed by atoms with van der Waals surface area (Å²) in [5.74, 6) is 0. The fraction of sp³-hybridized carbons (Fsp3) is 0. The largest absolute Gasteiger partial charge is 0.439 e. The van der Waals surface area contributed by atoms with Gasteiger partial charge in [0.25, 0.3) is 0 Å². The lowest BCUT2D eigenvalue weighted by atomic mass is 9.98. The first-order chi connectivity index (χ1) is 26.8. The monoisotopic (exact) mass is 689 g/mol. The van der Waals surface area contributed by atoms with Gasteiger partial charge in [-0.1, -0.05) is 121 Å². The highest BCUT2D eigenvalue weighted by atomic mass is 16.3. The number of benzene rings is 8. The van der Waals surface area contributed by atoms with Crippen molar-refractivity contribution < 1.29 is 4.42 Å². The molecule has 0 radical (unpaired) electrons. The SMILES string of the molecule is c1ccc(-n2c3cc(-c4cccc5oc6c(c7ccccc7n6-c6ccccc6)c45)ccc3c3ccc(-n4c5ccccc5c5ccccc54)cc32)cc1. The second kappa shape index (κ2) is 11.1. The summed E-state index contributed by atoms with van der Waals surface area (Å²) in [7, 11) is 0. The van der Waals surface area contributed by atoms with Gasteiger partial charge in [-0.15, -0.1) is 0 Å². The molecule has 0 fully saturated rings. The average Bonchev–Trinajstić information content (AvgIpc) is 3.96. The summed E-state index contributed by atoms with van der Waals surface area (Å²) in [6, 6.07) is 67.6. The minimum Gasteiger partial charge on any atom is -0.439 e. The van der Waals surface area contributed by atoms with Gasteiger partial charge in [-0.05, 0) is 77.9 Å². The van der Waals surface area contributed by atoms with E-state index in [0.29, 0.717) is 0 Å². The Labute approximate surface area is 309 Å². The quantitative estimate of drug-likeness (QED) is 0.181. The Morgan fingerprint density at radius 3 is 1.52 bits per heavy atom. The van der Waals surface area contributed by atoms with Crippen LogP contribution in [0.5, 0.6) is 0 Å². The van der Waals surface area contributed by atoms with E-state index in [4.69, 9.17) is 4.42 Å². The van der Waals surface area contributed by atoms with Gasteiger partial charge in [-0.25, -0.2) is 0 Å². The molecule has 0 saturated heterocycles. The first kappa shape index (κ1) is 29.3. The molecule has 54 heavy (non-hydrogen) atoms. The number of rotatable bonds is 4. The summed E-state index contributed by atoms with van der Waals surface area (Å²) < 4.78 is 13.9. The number of para-hydroxylation sites is 5. The third kappa shape index (κ3) is 4.02. The number of nitrogens with zero attached hydrogens (tertiary/aromatic N) is 3. The van der Waals surface area contributed by atoms with Crippen molar-refractivity contribution in [2.24, 2.45) is 0 Å². The zero-order valence-corrected chi connectivity index (χ0v) is 29.1. The first-order valence-corrected chi connectivity index (χ1v) is 18.4. The van der Waals surface area contributed by atoms with Crippen LogP contribution in [0.15, 0.2) is 192 Å². The normalized spacial score (nSPS) is 12.1. The Bertz CT molecular complexity index is 3380. The number of hydrogen-bond acceptors (Lipinski definition) is 1. The van der Waals surface area contributed by atoms with E-state index in [1.54, 1.807) is 0 Å². The van der Waals surface area contributed by atoms with Crippen molar-refractivity contribution in [2.45, 2.75) is 0 Å². The second-order valence-electron chi connectivity index (χ2n) is 14.1. The van der Waals surface area contributed by atoms with E-state index < -0.39 is 0 Å². The molecule has 0 bridgehead atoms. The van der Waals surface area contributed by atoms with Gasteiger partial charge in [-0.3, -0.25) is 4.57 Å². The minimum atomic E-state index is 0.863. The summed E-state index contributed by atoms with van der Waals surface area (Å²) in [5.41, 5.74) is 13.3.